The zero-order valence-electron chi connectivity index (χ0n) is 10.7. The van der Waals surface area contributed by atoms with Crippen LogP contribution in [0.25, 0.3) is 0 Å². The van der Waals surface area contributed by atoms with E-state index in [9.17, 15) is 4.79 Å². The molecule has 3 nitrogen and oxygen atoms in total. The van der Waals surface area contributed by atoms with E-state index in [4.69, 9.17) is 4.74 Å². The minimum Gasteiger partial charge on any atom is -0.478 e. The summed E-state index contributed by atoms with van der Waals surface area (Å²) in [6.07, 6.45) is -0.440. The maximum atomic E-state index is 11.6. The summed E-state index contributed by atoms with van der Waals surface area (Å²) in [5, 5.41) is 2.88. The standard InChI is InChI=1S/C16H15NO2/c1-11-7-9-12(10-8-11)14-15(16(18)17-14)19-13-5-3-2-4-6-13/h2-10,14-15H,1H3,(H,17,18)/t14-,15+/m0/s1. The lowest BCUT2D eigenvalue weighted by atomic mass is 9.93. The fourth-order valence-corrected chi connectivity index (χ4v) is 2.17. The molecule has 96 valence electrons. The summed E-state index contributed by atoms with van der Waals surface area (Å²) in [7, 11) is 0. The van der Waals surface area contributed by atoms with Crippen molar-refractivity contribution in [3.63, 3.8) is 0 Å². The number of hydrogen-bond donors (Lipinski definition) is 1. The second-order valence-corrected chi connectivity index (χ2v) is 4.75. The third kappa shape index (κ3) is 2.32. The van der Waals surface area contributed by atoms with Crippen LogP contribution in [0.1, 0.15) is 17.2 Å². The molecule has 19 heavy (non-hydrogen) atoms. The summed E-state index contributed by atoms with van der Waals surface area (Å²) in [5.74, 6) is 0.661. The SMILES string of the molecule is Cc1ccc([C@@H]2NC(=O)[C@@H]2Oc2ccccc2)cc1. The van der Waals surface area contributed by atoms with E-state index in [-0.39, 0.29) is 11.9 Å². The van der Waals surface area contributed by atoms with E-state index in [2.05, 4.69) is 5.32 Å². The van der Waals surface area contributed by atoms with E-state index in [0.717, 1.165) is 11.3 Å². The molecule has 1 aliphatic rings. The van der Waals surface area contributed by atoms with Crippen LogP contribution in [-0.4, -0.2) is 12.0 Å². The van der Waals surface area contributed by atoms with Gasteiger partial charge in [0.05, 0.1) is 0 Å². The fourth-order valence-electron chi connectivity index (χ4n) is 2.17. The Morgan fingerprint density at radius 1 is 1.00 bits per heavy atom. The zero-order valence-corrected chi connectivity index (χ0v) is 10.7. The van der Waals surface area contributed by atoms with Crippen molar-refractivity contribution in [1.29, 1.82) is 0 Å². The molecule has 1 fully saturated rings. The number of aryl methyl sites for hydroxylation is 1. The molecule has 0 aliphatic carbocycles. The zero-order chi connectivity index (χ0) is 13.2. The molecule has 1 saturated heterocycles. The molecule has 2 aromatic carbocycles. The van der Waals surface area contributed by atoms with Crippen LogP contribution in [0.5, 0.6) is 5.75 Å². The highest BCUT2D eigenvalue weighted by atomic mass is 16.5. The molecule has 1 heterocycles. The van der Waals surface area contributed by atoms with E-state index < -0.39 is 6.10 Å². The number of ether oxygens (including phenoxy) is 1. The Bertz CT molecular complexity index is 577. The van der Waals surface area contributed by atoms with Gasteiger partial charge in [-0.3, -0.25) is 4.79 Å². The van der Waals surface area contributed by atoms with Gasteiger partial charge in [-0.15, -0.1) is 0 Å². The Balaban J connectivity index is 1.77. The number of benzene rings is 2. The highest BCUT2D eigenvalue weighted by Crippen LogP contribution is 2.28. The molecular weight excluding hydrogens is 238 g/mol. The van der Waals surface area contributed by atoms with Gasteiger partial charge in [-0.05, 0) is 24.6 Å². The Kier molecular flexibility index (Phi) is 2.95. The van der Waals surface area contributed by atoms with Crippen molar-refractivity contribution in [2.45, 2.75) is 19.1 Å². The van der Waals surface area contributed by atoms with Gasteiger partial charge in [0.15, 0.2) is 0 Å². The Morgan fingerprint density at radius 3 is 2.32 bits per heavy atom. The molecule has 0 saturated carbocycles. The lowest BCUT2D eigenvalue weighted by molar-refractivity contribution is -0.140. The maximum Gasteiger partial charge on any atom is 0.264 e. The molecule has 0 spiro atoms. The van der Waals surface area contributed by atoms with Crippen molar-refractivity contribution >= 4 is 5.91 Å². The van der Waals surface area contributed by atoms with Crippen LogP contribution in [0, 0.1) is 6.92 Å². The van der Waals surface area contributed by atoms with Crippen molar-refractivity contribution in [1.82, 2.24) is 5.32 Å². The maximum absolute atomic E-state index is 11.6. The number of β-lactam (4-membered cyclic amide) rings is 1. The number of carbonyl (C=O) groups excluding carboxylic acids is 1. The third-order valence-corrected chi connectivity index (χ3v) is 3.30. The van der Waals surface area contributed by atoms with Crippen LogP contribution in [0.3, 0.4) is 0 Å². The average molecular weight is 253 g/mol. The van der Waals surface area contributed by atoms with Crippen LogP contribution in [0.15, 0.2) is 54.6 Å². The number of hydrogen-bond acceptors (Lipinski definition) is 2. The highest BCUT2D eigenvalue weighted by molar-refractivity contribution is 5.89. The molecule has 1 N–H and O–H groups in total. The van der Waals surface area contributed by atoms with Crippen molar-refractivity contribution < 1.29 is 9.53 Å². The van der Waals surface area contributed by atoms with Gasteiger partial charge in [0.1, 0.15) is 11.8 Å². The van der Waals surface area contributed by atoms with Gasteiger partial charge in [-0.2, -0.15) is 0 Å². The number of rotatable bonds is 3. The predicted molar refractivity (Wildman–Crippen MR) is 72.9 cm³/mol. The monoisotopic (exact) mass is 253 g/mol. The normalized spacial score (nSPS) is 21.4. The van der Waals surface area contributed by atoms with Gasteiger partial charge in [0.2, 0.25) is 6.10 Å². The quantitative estimate of drug-likeness (QED) is 0.854. The molecule has 3 rings (SSSR count). The number of amides is 1. The van der Waals surface area contributed by atoms with Crippen LogP contribution in [0.4, 0.5) is 0 Å². The minimum absolute atomic E-state index is 0.0607. The molecule has 1 amide bonds. The van der Waals surface area contributed by atoms with Gasteiger partial charge in [0.25, 0.3) is 5.91 Å². The van der Waals surface area contributed by atoms with Crippen LogP contribution in [-0.2, 0) is 4.79 Å². The van der Waals surface area contributed by atoms with E-state index in [0.29, 0.717) is 0 Å². The number of nitrogens with one attached hydrogen (secondary N) is 1. The summed E-state index contributed by atoms with van der Waals surface area (Å²) in [4.78, 5) is 11.6. The molecule has 2 aromatic rings. The van der Waals surface area contributed by atoms with Gasteiger partial charge >= 0.3 is 0 Å². The Labute approximate surface area is 112 Å². The van der Waals surface area contributed by atoms with E-state index in [1.807, 2.05) is 61.5 Å². The first-order chi connectivity index (χ1) is 9.24. The van der Waals surface area contributed by atoms with Crippen molar-refractivity contribution in [2.75, 3.05) is 0 Å². The van der Waals surface area contributed by atoms with Crippen molar-refractivity contribution in [3.8, 4) is 5.75 Å². The molecule has 1 aliphatic heterocycles. The minimum atomic E-state index is -0.440. The van der Waals surface area contributed by atoms with E-state index in [1.165, 1.54) is 5.56 Å². The predicted octanol–water partition coefficient (Wildman–Crippen LogP) is 2.61. The lowest BCUT2D eigenvalue weighted by Gasteiger charge is -2.36. The lowest BCUT2D eigenvalue weighted by Crippen LogP contribution is -2.58. The third-order valence-electron chi connectivity index (χ3n) is 3.30. The first-order valence-electron chi connectivity index (χ1n) is 6.33. The number of para-hydroxylation sites is 1. The van der Waals surface area contributed by atoms with Gasteiger partial charge in [-0.25, -0.2) is 0 Å². The summed E-state index contributed by atoms with van der Waals surface area (Å²) in [6.45, 7) is 2.04. The first-order valence-corrected chi connectivity index (χ1v) is 6.33. The van der Waals surface area contributed by atoms with Gasteiger partial charge in [0, 0.05) is 0 Å². The summed E-state index contributed by atoms with van der Waals surface area (Å²) in [5.41, 5.74) is 2.28. The topological polar surface area (TPSA) is 38.3 Å². The van der Waals surface area contributed by atoms with Crippen molar-refractivity contribution in [2.24, 2.45) is 0 Å². The number of carbonyl (C=O) groups is 1. The average Bonchev–Trinajstić information content (AvgIpc) is 2.45. The largest absolute Gasteiger partial charge is 0.478 e. The smallest absolute Gasteiger partial charge is 0.264 e. The molecule has 0 bridgehead atoms. The molecule has 0 unspecified atom stereocenters. The summed E-state index contributed by atoms with van der Waals surface area (Å²) >= 11 is 0. The second-order valence-electron chi connectivity index (χ2n) is 4.75. The first kappa shape index (κ1) is 11.8. The summed E-state index contributed by atoms with van der Waals surface area (Å²) < 4.78 is 5.75. The van der Waals surface area contributed by atoms with E-state index in [1.54, 1.807) is 0 Å². The molecule has 3 heteroatoms. The highest BCUT2D eigenvalue weighted by Gasteiger charge is 2.42. The van der Waals surface area contributed by atoms with Crippen LogP contribution in [0.2, 0.25) is 0 Å². The van der Waals surface area contributed by atoms with Crippen LogP contribution >= 0.6 is 0 Å². The molecule has 0 aromatic heterocycles. The van der Waals surface area contributed by atoms with Crippen molar-refractivity contribution in [3.05, 3.63) is 65.7 Å². The Morgan fingerprint density at radius 2 is 1.68 bits per heavy atom. The summed E-state index contributed by atoms with van der Waals surface area (Å²) in [6, 6.07) is 17.5. The van der Waals surface area contributed by atoms with E-state index >= 15 is 0 Å². The molecule has 0 radical (unpaired) electrons. The van der Waals surface area contributed by atoms with Gasteiger partial charge < -0.3 is 10.1 Å². The molecular formula is C16H15NO2. The van der Waals surface area contributed by atoms with Gasteiger partial charge in [-0.1, -0.05) is 48.0 Å². The second kappa shape index (κ2) is 4.76. The Hall–Kier alpha value is -2.29. The molecule has 2 atom stereocenters. The van der Waals surface area contributed by atoms with Crippen LogP contribution < -0.4 is 10.1 Å². The fraction of sp³-hybridized carbons (Fsp3) is 0.188.